The standard InChI is InChI=1S/C27H38N6O4/c1-5-18(3)22(32-24(34)20-8-14-28-15-9-20)26(36)30-12-7-13-31-27(37)23(19(4)6-2)33-25(35)21-10-16-29-17-11-21/h8-11,14-19,22-23H,5-7,12-13H2,1-4H3,(H,30,36)(H,31,37)(H,32,34)(H,33,35)/t18-,19-,22-,23-/m0/s1. The van der Waals surface area contributed by atoms with Crippen LogP contribution >= 0.6 is 0 Å². The molecule has 0 bridgehead atoms. The van der Waals surface area contributed by atoms with Gasteiger partial charge in [-0.15, -0.1) is 0 Å². The van der Waals surface area contributed by atoms with Gasteiger partial charge in [-0.05, 0) is 42.5 Å². The van der Waals surface area contributed by atoms with Crippen LogP contribution in [0.3, 0.4) is 0 Å². The summed E-state index contributed by atoms with van der Waals surface area (Å²) in [5.41, 5.74) is 0.872. The average molecular weight is 511 g/mol. The fourth-order valence-corrected chi connectivity index (χ4v) is 3.59. The quantitative estimate of drug-likeness (QED) is 0.287. The molecule has 0 aliphatic heterocycles. The molecule has 4 amide bonds. The molecule has 2 heterocycles. The fraction of sp³-hybridized carbons (Fsp3) is 0.481. The number of carbonyl (C=O) groups excluding carboxylic acids is 4. The highest BCUT2D eigenvalue weighted by Crippen LogP contribution is 2.11. The van der Waals surface area contributed by atoms with Crippen LogP contribution in [0.1, 0.15) is 67.7 Å². The maximum absolute atomic E-state index is 12.8. The summed E-state index contributed by atoms with van der Waals surface area (Å²) < 4.78 is 0. The zero-order chi connectivity index (χ0) is 27.2. The van der Waals surface area contributed by atoms with Crippen LogP contribution in [0.25, 0.3) is 0 Å². The summed E-state index contributed by atoms with van der Waals surface area (Å²) in [7, 11) is 0. The Balaban J connectivity index is 1.84. The second-order valence-corrected chi connectivity index (χ2v) is 9.08. The molecule has 37 heavy (non-hydrogen) atoms. The van der Waals surface area contributed by atoms with E-state index in [0.29, 0.717) is 43.5 Å². The maximum Gasteiger partial charge on any atom is 0.252 e. The average Bonchev–Trinajstić information content (AvgIpc) is 2.93. The molecule has 4 N–H and O–H groups in total. The molecule has 0 spiro atoms. The van der Waals surface area contributed by atoms with Gasteiger partial charge in [0.25, 0.3) is 11.8 Å². The van der Waals surface area contributed by atoms with Gasteiger partial charge in [-0.25, -0.2) is 0 Å². The predicted octanol–water partition coefficient (Wildman–Crippen LogP) is 2.09. The van der Waals surface area contributed by atoms with Gasteiger partial charge in [-0.2, -0.15) is 0 Å². The number of amides is 4. The molecule has 4 atom stereocenters. The van der Waals surface area contributed by atoms with Gasteiger partial charge in [0.2, 0.25) is 11.8 Å². The van der Waals surface area contributed by atoms with Crippen LogP contribution in [0.2, 0.25) is 0 Å². The van der Waals surface area contributed by atoms with E-state index in [-0.39, 0.29) is 35.5 Å². The molecule has 200 valence electrons. The van der Waals surface area contributed by atoms with Crippen molar-refractivity contribution in [2.45, 2.75) is 59.0 Å². The van der Waals surface area contributed by atoms with Crippen molar-refractivity contribution < 1.29 is 19.2 Å². The third kappa shape index (κ3) is 9.29. The minimum absolute atomic E-state index is 0.0641. The molecular formula is C27H38N6O4. The zero-order valence-electron chi connectivity index (χ0n) is 22.0. The Hall–Kier alpha value is -3.82. The van der Waals surface area contributed by atoms with Gasteiger partial charge in [0.1, 0.15) is 12.1 Å². The Bertz CT molecular complexity index is 937. The molecule has 0 aliphatic rings. The number of hydrogen-bond donors (Lipinski definition) is 4. The van der Waals surface area contributed by atoms with Gasteiger partial charge < -0.3 is 21.3 Å². The van der Waals surface area contributed by atoms with Crippen LogP contribution in [-0.4, -0.2) is 58.8 Å². The molecule has 0 aliphatic carbocycles. The van der Waals surface area contributed by atoms with Gasteiger partial charge in [0.05, 0.1) is 0 Å². The summed E-state index contributed by atoms with van der Waals surface area (Å²) in [6.45, 7) is 8.39. The largest absolute Gasteiger partial charge is 0.354 e. The summed E-state index contributed by atoms with van der Waals surface area (Å²) >= 11 is 0. The lowest BCUT2D eigenvalue weighted by Crippen LogP contribution is -2.51. The van der Waals surface area contributed by atoms with Gasteiger partial charge in [-0.1, -0.05) is 40.5 Å². The van der Waals surface area contributed by atoms with Gasteiger partial charge in [-0.3, -0.25) is 29.1 Å². The smallest absolute Gasteiger partial charge is 0.252 e. The van der Waals surface area contributed by atoms with E-state index in [4.69, 9.17) is 0 Å². The van der Waals surface area contributed by atoms with Crippen molar-refractivity contribution in [2.24, 2.45) is 11.8 Å². The van der Waals surface area contributed by atoms with Crippen molar-refractivity contribution in [1.82, 2.24) is 31.2 Å². The molecule has 0 saturated carbocycles. The van der Waals surface area contributed by atoms with E-state index in [1.807, 2.05) is 27.7 Å². The number of aromatic nitrogens is 2. The predicted molar refractivity (Wildman–Crippen MR) is 141 cm³/mol. The lowest BCUT2D eigenvalue weighted by atomic mass is 9.97. The normalized spacial score (nSPS) is 13.9. The zero-order valence-corrected chi connectivity index (χ0v) is 22.0. The van der Waals surface area contributed by atoms with Gasteiger partial charge >= 0.3 is 0 Å². The van der Waals surface area contributed by atoms with E-state index in [1.165, 1.54) is 24.8 Å². The first kappa shape index (κ1) is 29.4. The monoisotopic (exact) mass is 510 g/mol. The van der Waals surface area contributed by atoms with Crippen molar-refractivity contribution in [3.63, 3.8) is 0 Å². The third-order valence-electron chi connectivity index (χ3n) is 6.40. The first-order chi connectivity index (χ1) is 17.8. The summed E-state index contributed by atoms with van der Waals surface area (Å²) in [6.07, 6.45) is 8.03. The first-order valence-electron chi connectivity index (χ1n) is 12.8. The van der Waals surface area contributed by atoms with Crippen molar-refractivity contribution in [2.75, 3.05) is 13.1 Å². The van der Waals surface area contributed by atoms with Gasteiger partial charge in [0, 0.05) is 49.0 Å². The second-order valence-electron chi connectivity index (χ2n) is 9.08. The van der Waals surface area contributed by atoms with Crippen LogP contribution in [0.4, 0.5) is 0 Å². The topological polar surface area (TPSA) is 142 Å². The van der Waals surface area contributed by atoms with Crippen LogP contribution < -0.4 is 21.3 Å². The Morgan fingerprint density at radius 2 is 1.03 bits per heavy atom. The Kier molecular flexibility index (Phi) is 12.2. The maximum atomic E-state index is 12.8. The summed E-state index contributed by atoms with van der Waals surface area (Å²) in [4.78, 5) is 58.5. The van der Waals surface area contributed by atoms with E-state index in [9.17, 15) is 19.2 Å². The lowest BCUT2D eigenvalue weighted by molar-refractivity contribution is -0.124. The number of rotatable bonds is 14. The molecule has 2 aromatic rings. The number of nitrogens with zero attached hydrogens (tertiary/aromatic N) is 2. The third-order valence-corrected chi connectivity index (χ3v) is 6.40. The van der Waals surface area contributed by atoms with E-state index in [1.54, 1.807) is 24.3 Å². The van der Waals surface area contributed by atoms with Crippen molar-refractivity contribution >= 4 is 23.6 Å². The molecular weight excluding hydrogens is 472 g/mol. The SMILES string of the molecule is CC[C@H](C)[C@H](NC(=O)c1ccncc1)C(=O)NCCCNC(=O)[C@@H](NC(=O)c1ccncc1)[C@@H](C)CC. The molecule has 0 radical (unpaired) electrons. The number of carbonyl (C=O) groups is 4. The first-order valence-corrected chi connectivity index (χ1v) is 12.8. The minimum Gasteiger partial charge on any atom is -0.354 e. The highest BCUT2D eigenvalue weighted by molar-refractivity contribution is 5.98. The van der Waals surface area contributed by atoms with Crippen molar-refractivity contribution in [3.8, 4) is 0 Å². The van der Waals surface area contributed by atoms with Crippen LogP contribution in [-0.2, 0) is 9.59 Å². The molecule has 10 heteroatoms. The van der Waals surface area contributed by atoms with E-state index in [2.05, 4.69) is 31.2 Å². The molecule has 2 aromatic heterocycles. The highest BCUT2D eigenvalue weighted by atomic mass is 16.2. The minimum atomic E-state index is -0.682. The Labute approximate surface area is 218 Å². The molecule has 2 rings (SSSR count). The summed E-state index contributed by atoms with van der Waals surface area (Å²) in [5, 5.41) is 11.3. The van der Waals surface area contributed by atoms with Gasteiger partial charge in [0.15, 0.2) is 0 Å². The molecule has 0 aromatic carbocycles. The molecule has 0 saturated heterocycles. The number of pyridine rings is 2. The van der Waals surface area contributed by atoms with E-state index < -0.39 is 12.1 Å². The second kappa shape index (κ2) is 15.3. The van der Waals surface area contributed by atoms with E-state index in [0.717, 1.165) is 0 Å². The number of nitrogens with one attached hydrogen (secondary N) is 4. The number of hydrogen-bond acceptors (Lipinski definition) is 6. The van der Waals surface area contributed by atoms with Crippen LogP contribution in [0.5, 0.6) is 0 Å². The molecule has 0 unspecified atom stereocenters. The highest BCUT2D eigenvalue weighted by Gasteiger charge is 2.27. The Morgan fingerprint density at radius 3 is 1.35 bits per heavy atom. The Morgan fingerprint density at radius 1 is 0.676 bits per heavy atom. The molecule has 0 fully saturated rings. The van der Waals surface area contributed by atoms with Crippen LogP contribution in [0.15, 0.2) is 49.1 Å². The summed E-state index contributed by atoms with van der Waals surface area (Å²) in [5.74, 6) is -1.34. The van der Waals surface area contributed by atoms with Crippen molar-refractivity contribution in [3.05, 3.63) is 60.2 Å². The van der Waals surface area contributed by atoms with E-state index >= 15 is 0 Å². The van der Waals surface area contributed by atoms with Crippen LogP contribution in [0, 0.1) is 11.8 Å². The summed E-state index contributed by atoms with van der Waals surface area (Å²) in [6, 6.07) is 5.01. The van der Waals surface area contributed by atoms with Crippen molar-refractivity contribution in [1.29, 1.82) is 0 Å². The fourth-order valence-electron chi connectivity index (χ4n) is 3.59. The lowest BCUT2D eigenvalue weighted by Gasteiger charge is -2.24. The molecule has 10 nitrogen and oxygen atoms in total.